The fourth-order valence-corrected chi connectivity index (χ4v) is 4.52. The first kappa shape index (κ1) is 21.6. The van der Waals surface area contributed by atoms with Gasteiger partial charge < -0.3 is 9.08 Å². The van der Waals surface area contributed by atoms with E-state index in [0.29, 0.717) is 0 Å². The topological polar surface area (TPSA) is 74.0 Å². The Morgan fingerprint density at radius 1 is 0.968 bits per heavy atom. The first-order valence-corrected chi connectivity index (χ1v) is 11.5. The molecule has 0 aliphatic heterocycles. The predicted octanol–water partition coefficient (Wildman–Crippen LogP) is 5.79. The monoisotopic (exact) mass is 433 g/mol. The Morgan fingerprint density at radius 2 is 1.68 bits per heavy atom. The second kappa shape index (κ2) is 8.83. The quantitative estimate of drug-likeness (QED) is 0.390. The minimum absolute atomic E-state index is 0.0215. The predicted molar refractivity (Wildman–Crippen MR) is 126 cm³/mol. The molecule has 0 radical (unpaired) electrons. The summed E-state index contributed by atoms with van der Waals surface area (Å²) >= 11 is -1.27. The Morgan fingerprint density at radius 3 is 2.42 bits per heavy atom. The fraction of sp³-hybridized carbons (Fsp3) is 0.280. The van der Waals surface area contributed by atoms with Crippen LogP contribution in [0.5, 0.6) is 0 Å². The third-order valence-corrected chi connectivity index (χ3v) is 6.95. The molecule has 0 bridgehead atoms. The van der Waals surface area contributed by atoms with Crippen LogP contribution >= 0.6 is 0 Å². The Labute approximate surface area is 186 Å². The molecule has 160 valence electrons. The highest BCUT2D eigenvalue weighted by molar-refractivity contribution is 7.90. The van der Waals surface area contributed by atoms with Gasteiger partial charge in [-0.05, 0) is 50.6 Å². The van der Waals surface area contributed by atoms with E-state index in [1.54, 1.807) is 6.20 Å². The van der Waals surface area contributed by atoms with Gasteiger partial charge >= 0.3 is 0 Å². The van der Waals surface area contributed by atoms with Crippen molar-refractivity contribution in [1.29, 1.82) is 0 Å². The molecule has 2 aromatic heterocycles. The van der Waals surface area contributed by atoms with E-state index < -0.39 is 16.1 Å². The van der Waals surface area contributed by atoms with Crippen molar-refractivity contribution >= 4 is 22.3 Å². The third kappa shape index (κ3) is 4.51. The number of fused-ring (bicyclic) bond motifs is 1. The lowest BCUT2D eigenvalue weighted by molar-refractivity contribution is 0.458. The molecule has 4 aromatic rings. The molecule has 0 amide bonds. The fourth-order valence-electron chi connectivity index (χ4n) is 3.61. The zero-order valence-corrected chi connectivity index (χ0v) is 19.0. The standard InChI is InChI=1S/C25H27N3O2S/c1-17(21-14-9-10-16-26-21)23(28-31(29)25(2,3)4)18-11-5-6-12-19(18)24-20-13-7-8-15-22(20)30-27-24/h5-17,23,28H,1-4H3/t17-,23+,31?/m1/s1. The van der Waals surface area contributed by atoms with Gasteiger partial charge in [0.05, 0.1) is 6.04 Å². The van der Waals surface area contributed by atoms with Crippen molar-refractivity contribution in [3.8, 4) is 11.3 Å². The molecule has 0 aliphatic rings. The normalized spacial score (nSPS) is 15.0. The molecule has 2 aromatic carbocycles. The molecule has 3 atom stereocenters. The number of hydrogen-bond acceptors (Lipinski definition) is 5. The summed E-state index contributed by atoms with van der Waals surface area (Å²) in [5.74, 6) is -0.0215. The van der Waals surface area contributed by atoms with Crippen molar-refractivity contribution in [3.63, 3.8) is 0 Å². The van der Waals surface area contributed by atoms with Crippen LogP contribution in [0.25, 0.3) is 22.2 Å². The molecule has 0 aliphatic carbocycles. The van der Waals surface area contributed by atoms with Crippen LogP contribution in [-0.2, 0) is 11.4 Å². The van der Waals surface area contributed by atoms with E-state index in [4.69, 9.17) is 4.52 Å². The lowest BCUT2D eigenvalue weighted by Gasteiger charge is -2.31. The van der Waals surface area contributed by atoms with Gasteiger partial charge in [-0.15, -0.1) is 4.72 Å². The van der Waals surface area contributed by atoms with E-state index >= 15 is 0 Å². The lowest BCUT2D eigenvalue weighted by Crippen LogP contribution is -2.42. The number of benzene rings is 2. The molecule has 1 unspecified atom stereocenters. The number of nitrogens with one attached hydrogen (secondary N) is 1. The van der Waals surface area contributed by atoms with Gasteiger partial charge in [-0.25, -0.2) is 0 Å². The zero-order valence-electron chi connectivity index (χ0n) is 18.2. The number of rotatable bonds is 6. The summed E-state index contributed by atoms with van der Waals surface area (Å²) in [6.45, 7) is 8.01. The summed E-state index contributed by atoms with van der Waals surface area (Å²) in [5, 5.41) is 5.33. The summed E-state index contributed by atoms with van der Waals surface area (Å²) < 4.78 is 21.7. The average molecular weight is 434 g/mol. The minimum Gasteiger partial charge on any atom is -0.598 e. The molecule has 0 saturated heterocycles. The SMILES string of the molecule is C[C@H](c1ccccn1)[C@H](N[S+]([O-])C(C)(C)C)c1ccccc1-c1noc2ccccc12. The van der Waals surface area contributed by atoms with Crippen LogP contribution in [0.2, 0.25) is 0 Å². The second-order valence-corrected chi connectivity index (χ2v) is 10.6. The summed E-state index contributed by atoms with van der Waals surface area (Å²) in [5.41, 5.74) is 4.43. The molecular weight excluding hydrogens is 406 g/mol. The molecule has 5 nitrogen and oxygen atoms in total. The molecule has 1 N–H and O–H groups in total. The highest BCUT2D eigenvalue weighted by Gasteiger charge is 2.34. The second-order valence-electron chi connectivity index (χ2n) is 8.63. The van der Waals surface area contributed by atoms with E-state index in [-0.39, 0.29) is 12.0 Å². The third-order valence-electron chi connectivity index (χ3n) is 5.37. The molecule has 2 heterocycles. The van der Waals surface area contributed by atoms with Crippen LogP contribution in [0.3, 0.4) is 0 Å². The minimum atomic E-state index is -1.27. The lowest BCUT2D eigenvalue weighted by atomic mass is 9.88. The van der Waals surface area contributed by atoms with Gasteiger partial charge in [0.15, 0.2) is 5.58 Å². The van der Waals surface area contributed by atoms with Crippen LogP contribution < -0.4 is 4.72 Å². The Kier molecular flexibility index (Phi) is 6.14. The molecule has 31 heavy (non-hydrogen) atoms. The molecular formula is C25H27N3O2S. The molecule has 0 saturated carbocycles. The van der Waals surface area contributed by atoms with Gasteiger partial charge in [0.1, 0.15) is 10.4 Å². The molecule has 0 spiro atoms. The summed E-state index contributed by atoms with van der Waals surface area (Å²) in [6, 6.07) is 21.6. The number of aromatic nitrogens is 2. The molecule has 6 heteroatoms. The van der Waals surface area contributed by atoms with Gasteiger partial charge in [-0.2, -0.15) is 0 Å². The Bertz CT molecular complexity index is 1150. The number of pyridine rings is 1. The Balaban J connectivity index is 1.84. The van der Waals surface area contributed by atoms with E-state index in [1.807, 2.05) is 81.4 Å². The highest BCUT2D eigenvalue weighted by Crippen LogP contribution is 2.39. The maximum atomic E-state index is 13.1. The highest BCUT2D eigenvalue weighted by atomic mass is 32.2. The average Bonchev–Trinajstić information content (AvgIpc) is 3.21. The van der Waals surface area contributed by atoms with Crippen LogP contribution in [0, 0.1) is 0 Å². The van der Waals surface area contributed by atoms with Gasteiger partial charge in [0.2, 0.25) is 0 Å². The van der Waals surface area contributed by atoms with E-state index in [1.165, 1.54) is 0 Å². The van der Waals surface area contributed by atoms with E-state index in [0.717, 1.165) is 33.5 Å². The number of para-hydroxylation sites is 1. The zero-order chi connectivity index (χ0) is 22.0. The van der Waals surface area contributed by atoms with Crippen molar-refractivity contribution in [2.75, 3.05) is 0 Å². The van der Waals surface area contributed by atoms with Crippen LogP contribution in [0.1, 0.15) is 50.9 Å². The van der Waals surface area contributed by atoms with Gasteiger partial charge in [-0.3, -0.25) is 4.98 Å². The van der Waals surface area contributed by atoms with Crippen LogP contribution in [0.15, 0.2) is 77.4 Å². The van der Waals surface area contributed by atoms with Crippen LogP contribution in [-0.4, -0.2) is 19.4 Å². The van der Waals surface area contributed by atoms with Crippen molar-refractivity contribution in [2.24, 2.45) is 0 Å². The van der Waals surface area contributed by atoms with Crippen molar-refractivity contribution < 1.29 is 9.08 Å². The van der Waals surface area contributed by atoms with E-state index in [2.05, 4.69) is 27.9 Å². The molecule has 0 fully saturated rings. The van der Waals surface area contributed by atoms with E-state index in [9.17, 15) is 4.55 Å². The van der Waals surface area contributed by atoms with Crippen molar-refractivity contribution in [1.82, 2.24) is 14.9 Å². The maximum Gasteiger partial charge on any atom is 0.167 e. The summed E-state index contributed by atoms with van der Waals surface area (Å²) in [7, 11) is 0. The van der Waals surface area contributed by atoms with Gasteiger partial charge in [0.25, 0.3) is 0 Å². The largest absolute Gasteiger partial charge is 0.598 e. The van der Waals surface area contributed by atoms with Gasteiger partial charge in [0, 0.05) is 40.1 Å². The number of hydrogen-bond donors (Lipinski definition) is 1. The number of nitrogens with zero attached hydrogens (tertiary/aromatic N) is 2. The van der Waals surface area contributed by atoms with Gasteiger partial charge in [-0.1, -0.05) is 54.5 Å². The smallest absolute Gasteiger partial charge is 0.167 e. The first-order chi connectivity index (χ1) is 14.9. The van der Waals surface area contributed by atoms with Crippen molar-refractivity contribution in [2.45, 2.75) is 44.4 Å². The maximum absolute atomic E-state index is 13.1. The Hall–Kier alpha value is -2.67. The first-order valence-electron chi connectivity index (χ1n) is 10.4. The van der Waals surface area contributed by atoms with Crippen LogP contribution in [0.4, 0.5) is 0 Å². The summed E-state index contributed by atoms with van der Waals surface area (Å²) in [6.07, 6.45) is 1.79. The van der Waals surface area contributed by atoms with Crippen molar-refractivity contribution in [3.05, 3.63) is 84.2 Å². The molecule has 4 rings (SSSR count). The summed E-state index contributed by atoms with van der Waals surface area (Å²) in [4.78, 5) is 4.56.